The van der Waals surface area contributed by atoms with Gasteiger partial charge in [-0.1, -0.05) is 29.0 Å². The average Bonchev–Trinajstić information content (AvgIpc) is 3.40. The van der Waals surface area contributed by atoms with Crippen LogP contribution in [-0.4, -0.2) is 81.0 Å². The van der Waals surface area contributed by atoms with E-state index in [0.29, 0.717) is 29.5 Å². The SMILES string of the molecule is Cc1ccc(Cl)c2sc(N(CCCN3CCOCC3)C(=O)C3CCN(S(=O)(=O)c4ccc(F)cc4)CC3)nc12. The van der Waals surface area contributed by atoms with Gasteiger partial charge in [0, 0.05) is 45.2 Å². The van der Waals surface area contributed by atoms with Gasteiger partial charge in [-0.25, -0.2) is 17.8 Å². The molecular weight excluding hydrogens is 563 g/mol. The molecule has 3 heterocycles. The molecule has 5 rings (SSSR count). The van der Waals surface area contributed by atoms with Crippen molar-refractivity contribution in [1.29, 1.82) is 0 Å². The Kier molecular flexibility index (Phi) is 8.85. The normalized spacial score (nSPS) is 18.0. The molecule has 39 heavy (non-hydrogen) atoms. The summed E-state index contributed by atoms with van der Waals surface area (Å²) in [6.07, 6.45) is 1.60. The fraction of sp³-hybridized carbons (Fsp3) is 0.481. The first kappa shape index (κ1) is 28.4. The summed E-state index contributed by atoms with van der Waals surface area (Å²) in [6, 6.07) is 8.61. The summed E-state index contributed by atoms with van der Waals surface area (Å²) in [4.78, 5) is 22.9. The molecule has 8 nitrogen and oxygen atoms in total. The zero-order valence-electron chi connectivity index (χ0n) is 21.8. The molecular formula is C27H32ClFN4O4S2. The minimum absolute atomic E-state index is 0.0383. The summed E-state index contributed by atoms with van der Waals surface area (Å²) >= 11 is 7.88. The number of sulfonamides is 1. The van der Waals surface area contributed by atoms with Crippen molar-refractivity contribution in [3.8, 4) is 0 Å². The van der Waals surface area contributed by atoms with Gasteiger partial charge in [-0.3, -0.25) is 14.6 Å². The molecule has 2 aliphatic heterocycles. The number of hydrogen-bond acceptors (Lipinski definition) is 7. The number of nitrogens with zero attached hydrogens (tertiary/aromatic N) is 4. The molecule has 0 saturated carbocycles. The topological polar surface area (TPSA) is 83.0 Å². The first-order valence-corrected chi connectivity index (χ1v) is 15.8. The van der Waals surface area contributed by atoms with E-state index in [4.69, 9.17) is 21.3 Å². The van der Waals surface area contributed by atoms with Crippen LogP contribution in [0, 0.1) is 18.7 Å². The van der Waals surface area contributed by atoms with Gasteiger partial charge in [0.1, 0.15) is 5.82 Å². The number of carbonyl (C=O) groups is 1. The van der Waals surface area contributed by atoms with E-state index in [-0.39, 0.29) is 29.8 Å². The molecule has 2 aromatic carbocycles. The van der Waals surface area contributed by atoms with E-state index in [1.807, 2.05) is 19.1 Å². The lowest BCUT2D eigenvalue weighted by atomic mass is 9.96. The van der Waals surface area contributed by atoms with Crippen molar-refractivity contribution in [3.63, 3.8) is 0 Å². The van der Waals surface area contributed by atoms with Crippen LogP contribution in [0.4, 0.5) is 9.52 Å². The van der Waals surface area contributed by atoms with Gasteiger partial charge in [-0.2, -0.15) is 4.31 Å². The van der Waals surface area contributed by atoms with Crippen LogP contribution in [0.5, 0.6) is 0 Å². The van der Waals surface area contributed by atoms with Crippen LogP contribution in [0.3, 0.4) is 0 Å². The second-order valence-electron chi connectivity index (χ2n) is 9.97. The van der Waals surface area contributed by atoms with Crippen LogP contribution in [0.1, 0.15) is 24.8 Å². The Labute approximate surface area is 237 Å². The first-order valence-electron chi connectivity index (χ1n) is 13.2. The number of halogens is 2. The molecule has 3 aromatic rings. The van der Waals surface area contributed by atoms with Crippen LogP contribution < -0.4 is 4.90 Å². The van der Waals surface area contributed by atoms with Gasteiger partial charge >= 0.3 is 0 Å². The highest BCUT2D eigenvalue weighted by Gasteiger charge is 2.35. The summed E-state index contributed by atoms with van der Waals surface area (Å²) in [6.45, 7) is 6.99. The van der Waals surface area contributed by atoms with Gasteiger partial charge in [0.25, 0.3) is 0 Å². The molecule has 0 bridgehead atoms. The highest BCUT2D eigenvalue weighted by Crippen LogP contribution is 2.37. The molecule has 2 saturated heterocycles. The molecule has 1 aromatic heterocycles. The Bertz CT molecular complexity index is 1380. The van der Waals surface area contributed by atoms with E-state index in [0.717, 1.165) is 67.2 Å². The van der Waals surface area contributed by atoms with E-state index in [1.165, 1.54) is 27.8 Å². The number of fused-ring (bicyclic) bond motifs is 1. The highest BCUT2D eigenvalue weighted by molar-refractivity contribution is 7.89. The minimum Gasteiger partial charge on any atom is -0.379 e. The number of ether oxygens (including phenoxy) is 1. The van der Waals surface area contributed by atoms with Crippen LogP contribution in [0.25, 0.3) is 10.2 Å². The molecule has 0 spiro atoms. The van der Waals surface area contributed by atoms with Crippen molar-refractivity contribution in [2.45, 2.75) is 31.1 Å². The standard InChI is InChI=1S/C27H32ClFN4O4S2/c1-19-3-8-23(28)25-24(19)30-27(38-25)33(12-2-11-31-15-17-37-18-16-31)26(34)20-9-13-32(14-10-20)39(35,36)22-6-4-21(29)5-7-22/h3-8,20H,2,9-18H2,1H3. The average molecular weight is 595 g/mol. The number of anilines is 1. The summed E-state index contributed by atoms with van der Waals surface area (Å²) in [7, 11) is -3.75. The summed E-state index contributed by atoms with van der Waals surface area (Å²) < 4.78 is 47.1. The number of aryl methyl sites for hydroxylation is 1. The second kappa shape index (κ2) is 12.2. The van der Waals surface area contributed by atoms with Gasteiger partial charge in [-0.05, 0) is 62.1 Å². The fourth-order valence-corrected chi connectivity index (χ4v) is 7.92. The predicted octanol–water partition coefficient (Wildman–Crippen LogP) is 4.55. The summed E-state index contributed by atoms with van der Waals surface area (Å²) in [5.74, 6) is -0.849. The van der Waals surface area contributed by atoms with Crippen LogP contribution in [-0.2, 0) is 19.6 Å². The van der Waals surface area contributed by atoms with E-state index in [9.17, 15) is 17.6 Å². The number of hydrogen-bond donors (Lipinski definition) is 0. The largest absolute Gasteiger partial charge is 0.379 e. The third-order valence-corrected chi connectivity index (χ3v) is 10.8. The maximum atomic E-state index is 13.9. The van der Waals surface area contributed by atoms with Gasteiger partial charge in [-0.15, -0.1) is 0 Å². The number of aromatic nitrogens is 1. The molecule has 12 heteroatoms. The molecule has 0 atom stereocenters. The Morgan fingerprint density at radius 3 is 2.49 bits per heavy atom. The molecule has 2 fully saturated rings. The molecule has 0 N–H and O–H groups in total. The van der Waals surface area contributed by atoms with Crippen molar-refractivity contribution in [2.75, 3.05) is 57.4 Å². The van der Waals surface area contributed by atoms with Crippen molar-refractivity contribution < 1.29 is 22.3 Å². The van der Waals surface area contributed by atoms with Gasteiger partial charge in [0.05, 0.1) is 33.3 Å². The van der Waals surface area contributed by atoms with E-state index in [1.54, 1.807) is 4.90 Å². The Morgan fingerprint density at radius 1 is 1.13 bits per heavy atom. The van der Waals surface area contributed by atoms with Crippen molar-refractivity contribution in [3.05, 3.63) is 52.8 Å². The molecule has 1 amide bonds. The van der Waals surface area contributed by atoms with E-state index >= 15 is 0 Å². The van der Waals surface area contributed by atoms with Crippen molar-refractivity contribution in [2.24, 2.45) is 5.92 Å². The molecule has 0 aliphatic carbocycles. The minimum atomic E-state index is -3.75. The number of piperidine rings is 1. The Balaban J connectivity index is 1.32. The van der Waals surface area contributed by atoms with Crippen molar-refractivity contribution >= 4 is 54.2 Å². The van der Waals surface area contributed by atoms with Crippen LogP contribution in [0.15, 0.2) is 41.3 Å². The number of carbonyl (C=O) groups excluding carboxylic acids is 1. The first-order chi connectivity index (χ1) is 18.7. The zero-order valence-corrected chi connectivity index (χ0v) is 24.2. The monoisotopic (exact) mass is 594 g/mol. The zero-order chi connectivity index (χ0) is 27.6. The third kappa shape index (κ3) is 6.28. The Morgan fingerprint density at radius 2 is 1.82 bits per heavy atom. The quantitative estimate of drug-likeness (QED) is 0.380. The number of amides is 1. The summed E-state index contributed by atoms with van der Waals surface area (Å²) in [5, 5.41) is 1.23. The van der Waals surface area contributed by atoms with E-state index < -0.39 is 15.8 Å². The smallest absolute Gasteiger partial charge is 0.243 e. The van der Waals surface area contributed by atoms with Gasteiger partial charge < -0.3 is 4.74 Å². The molecule has 0 radical (unpaired) electrons. The number of morpholine rings is 1. The summed E-state index contributed by atoms with van der Waals surface area (Å²) in [5.41, 5.74) is 1.80. The fourth-order valence-electron chi connectivity index (χ4n) is 5.10. The van der Waals surface area contributed by atoms with Crippen molar-refractivity contribution in [1.82, 2.24) is 14.2 Å². The third-order valence-electron chi connectivity index (χ3n) is 7.40. The van der Waals surface area contributed by atoms with Crippen LogP contribution >= 0.6 is 22.9 Å². The lowest BCUT2D eigenvalue weighted by molar-refractivity contribution is -0.123. The second-order valence-corrected chi connectivity index (χ2v) is 13.3. The van der Waals surface area contributed by atoms with Crippen LogP contribution in [0.2, 0.25) is 5.02 Å². The van der Waals surface area contributed by atoms with E-state index in [2.05, 4.69) is 4.90 Å². The lowest BCUT2D eigenvalue weighted by Gasteiger charge is -2.33. The maximum Gasteiger partial charge on any atom is 0.243 e. The number of rotatable bonds is 8. The van der Waals surface area contributed by atoms with Gasteiger partial charge in [0.2, 0.25) is 15.9 Å². The molecule has 210 valence electrons. The highest BCUT2D eigenvalue weighted by atomic mass is 35.5. The molecule has 2 aliphatic rings. The molecule has 0 unspecified atom stereocenters. The number of benzene rings is 2. The predicted molar refractivity (Wildman–Crippen MR) is 151 cm³/mol. The van der Waals surface area contributed by atoms with Gasteiger partial charge in [0.15, 0.2) is 5.13 Å². The lowest BCUT2D eigenvalue weighted by Crippen LogP contribution is -2.45. The maximum absolute atomic E-state index is 13.9. The number of thiazole rings is 1. The Hall–Kier alpha value is -2.15.